The zero-order chi connectivity index (χ0) is 45.0. The molecule has 2 atom stereocenters. The van der Waals surface area contributed by atoms with Crippen molar-refractivity contribution in [2.45, 2.75) is 270 Å². The SMILES string of the molecule is CCCCCCCCCCCCCCCCCCCCCCCCC(=O)O[C@H](COC(=O)CCCCCCCCCCCCCCCCC)COP(=O)(O)OCC[N+](C)(C)C. The van der Waals surface area contributed by atoms with Crippen molar-refractivity contribution in [1.82, 2.24) is 0 Å². The minimum atomic E-state index is -4.37. The van der Waals surface area contributed by atoms with Crippen molar-refractivity contribution in [3.8, 4) is 0 Å². The zero-order valence-corrected chi connectivity index (χ0v) is 42.1. The Labute approximate surface area is 378 Å². The first-order valence-electron chi connectivity index (χ1n) is 26.3. The smallest absolute Gasteiger partial charge is 0.462 e. The molecule has 1 unspecified atom stereocenters. The lowest BCUT2D eigenvalue weighted by Gasteiger charge is -2.24. The van der Waals surface area contributed by atoms with Crippen molar-refractivity contribution in [3.63, 3.8) is 0 Å². The molecule has 0 bridgehead atoms. The number of phosphoric ester groups is 1. The van der Waals surface area contributed by atoms with Crippen LogP contribution in [-0.2, 0) is 32.7 Å². The number of quaternary nitrogens is 1. The fourth-order valence-corrected chi connectivity index (χ4v) is 8.52. The van der Waals surface area contributed by atoms with Crippen molar-refractivity contribution in [2.75, 3.05) is 47.5 Å². The van der Waals surface area contributed by atoms with E-state index in [4.69, 9.17) is 18.5 Å². The summed E-state index contributed by atoms with van der Waals surface area (Å²) < 4.78 is 34.5. The Balaban J connectivity index is 4.16. The van der Waals surface area contributed by atoms with Crippen molar-refractivity contribution in [2.24, 2.45) is 0 Å². The second-order valence-electron chi connectivity index (χ2n) is 19.3. The van der Waals surface area contributed by atoms with Gasteiger partial charge in [-0.2, -0.15) is 0 Å². The Bertz CT molecular complexity index is 1010. The third-order valence-electron chi connectivity index (χ3n) is 11.9. The molecule has 0 amide bonds. The number of carbonyl (C=O) groups excluding carboxylic acids is 2. The standard InChI is InChI=1S/C51H102NO8P/c1-6-8-10-12-14-16-18-20-22-23-24-25-26-27-28-30-32-34-36-38-40-42-44-51(54)60-49(48-59-61(55,56)58-46-45-52(3,4)5)47-57-50(53)43-41-39-37-35-33-31-29-21-19-17-15-13-11-9-7-2/h49H,6-48H2,1-5H3/p+1/t49-/m1/s1. The summed E-state index contributed by atoms with van der Waals surface area (Å²) in [6.07, 6.45) is 47.3. The molecule has 0 saturated carbocycles. The molecular formula is C51H103NO8P+. The maximum absolute atomic E-state index is 12.8. The zero-order valence-electron chi connectivity index (χ0n) is 41.2. The van der Waals surface area contributed by atoms with Gasteiger partial charge in [-0.05, 0) is 12.8 Å². The Morgan fingerprint density at radius 2 is 0.738 bits per heavy atom. The molecule has 0 aliphatic heterocycles. The van der Waals surface area contributed by atoms with Gasteiger partial charge in [-0.15, -0.1) is 0 Å². The van der Waals surface area contributed by atoms with Gasteiger partial charge in [0.05, 0.1) is 27.7 Å². The third kappa shape index (κ3) is 48.3. The second-order valence-corrected chi connectivity index (χ2v) is 20.7. The van der Waals surface area contributed by atoms with Gasteiger partial charge < -0.3 is 18.9 Å². The second kappa shape index (κ2) is 44.2. The van der Waals surface area contributed by atoms with Crippen LogP contribution < -0.4 is 0 Å². The number of unbranched alkanes of at least 4 members (excludes halogenated alkanes) is 35. The number of rotatable bonds is 49. The molecule has 0 heterocycles. The van der Waals surface area contributed by atoms with Gasteiger partial charge in [0, 0.05) is 12.8 Å². The number of carbonyl (C=O) groups is 2. The van der Waals surface area contributed by atoms with Crippen molar-refractivity contribution < 1.29 is 42.1 Å². The van der Waals surface area contributed by atoms with E-state index in [2.05, 4.69) is 13.8 Å². The molecule has 0 aromatic rings. The molecular weight excluding hydrogens is 786 g/mol. The molecule has 0 aliphatic carbocycles. The van der Waals surface area contributed by atoms with E-state index in [-0.39, 0.29) is 25.6 Å². The first-order valence-corrected chi connectivity index (χ1v) is 27.8. The first-order chi connectivity index (χ1) is 29.5. The summed E-state index contributed by atoms with van der Waals surface area (Å²) in [5.41, 5.74) is 0. The van der Waals surface area contributed by atoms with E-state index in [0.717, 1.165) is 38.5 Å². The number of nitrogens with zero attached hydrogens (tertiary/aromatic N) is 1. The van der Waals surface area contributed by atoms with Crippen LogP contribution in [0.3, 0.4) is 0 Å². The Hall–Kier alpha value is -0.990. The summed E-state index contributed by atoms with van der Waals surface area (Å²) in [6.45, 7) is 4.49. The van der Waals surface area contributed by atoms with Gasteiger partial charge in [0.15, 0.2) is 6.10 Å². The van der Waals surface area contributed by atoms with Crippen LogP contribution in [0.15, 0.2) is 0 Å². The molecule has 10 heteroatoms. The fourth-order valence-electron chi connectivity index (χ4n) is 7.78. The van der Waals surface area contributed by atoms with Gasteiger partial charge >= 0.3 is 19.8 Å². The summed E-state index contributed by atoms with van der Waals surface area (Å²) >= 11 is 0. The molecule has 0 rings (SSSR count). The predicted octanol–water partition coefficient (Wildman–Crippen LogP) is 15.5. The fraction of sp³-hybridized carbons (Fsp3) is 0.961. The van der Waals surface area contributed by atoms with Gasteiger partial charge in [0.2, 0.25) is 0 Å². The first kappa shape index (κ1) is 60.0. The molecule has 9 nitrogen and oxygen atoms in total. The van der Waals surface area contributed by atoms with Gasteiger partial charge in [-0.3, -0.25) is 18.6 Å². The van der Waals surface area contributed by atoms with Gasteiger partial charge in [-0.25, -0.2) is 4.57 Å². The number of ether oxygens (including phenoxy) is 2. The topological polar surface area (TPSA) is 108 Å². The van der Waals surface area contributed by atoms with E-state index in [1.54, 1.807) is 0 Å². The summed E-state index contributed by atoms with van der Waals surface area (Å²) in [4.78, 5) is 35.5. The van der Waals surface area contributed by atoms with Crippen LogP contribution in [0.1, 0.15) is 264 Å². The highest BCUT2D eigenvalue weighted by atomic mass is 31.2. The van der Waals surface area contributed by atoms with Crippen LogP contribution in [-0.4, -0.2) is 74.9 Å². The summed E-state index contributed by atoms with van der Waals surface area (Å²) in [5.74, 6) is -0.777. The molecule has 61 heavy (non-hydrogen) atoms. The molecule has 0 aromatic heterocycles. The normalized spacial score (nSPS) is 13.3. The lowest BCUT2D eigenvalue weighted by molar-refractivity contribution is -0.870. The highest BCUT2D eigenvalue weighted by molar-refractivity contribution is 7.47. The summed E-state index contributed by atoms with van der Waals surface area (Å²) in [5, 5.41) is 0. The molecule has 0 aromatic carbocycles. The van der Waals surface area contributed by atoms with Crippen LogP contribution >= 0.6 is 7.82 Å². The van der Waals surface area contributed by atoms with E-state index < -0.39 is 26.5 Å². The van der Waals surface area contributed by atoms with Crippen LogP contribution in [0, 0.1) is 0 Å². The highest BCUT2D eigenvalue weighted by Gasteiger charge is 2.27. The van der Waals surface area contributed by atoms with Crippen LogP contribution in [0.5, 0.6) is 0 Å². The number of hydrogen-bond acceptors (Lipinski definition) is 7. The number of esters is 2. The van der Waals surface area contributed by atoms with E-state index in [0.29, 0.717) is 17.4 Å². The number of likely N-dealkylation sites (N-methyl/N-ethyl adjacent to an activating group) is 1. The Kier molecular flexibility index (Phi) is 43.5. The van der Waals surface area contributed by atoms with Crippen LogP contribution in [0.2, 0.25) is 0 Å². The van der Waals surface area contributed by atoms with E-state index in [1.807, 2.05) is 21.1 Å². The lowest BCUT2D eigenvalue weighted by Crippen LogP contribution is -2.37. The van der Waals surface area contributed by atoms with E-state index in [1.165, 1.54) is 199 Å². The van der Waals surface area contributed by atoms with Crippen molar-refractivity contribution >= 4 is 19.8 Å². The molecule has 0 aliphatic rings. The van der Waals surface area contributed by atoms with Gasteiger partial charge in [-0.1, -0.05) is 239 Å². The number of phosphoric acid groups is 1. The van der Waals surface area contributed by atoms with Crippen molar-refractivity contribution in [1.29, 1.82) is 0 Å². The van der Waals surface area contributed by atoms with Crippen LogP contribution in [0.4, 0.5) is 0 Å². The third-order valence-corrected chi connectivity index (χ3v) is 12.9. The number of hydrogen-bond donors (Lipinski definition) is 1. The monoisotopic (exact) mass is 889 g/mol. The summed E-state index contributed by atoms with van der Waals surface area (Å²) in [6, 6.07) is 0. The lowest BCUT2D eigenvalue weighted by atomic mass is 10.0. The molecule has 0 fully saturated rings. The van der Waals surface area contributed by atoms with Gasteiger partial charge in [0.25, 0.3) is 0 Å². The van der Waals surface area contributed by atoms with Crippen LogP contribution in [0.25, 0.3) is 0 Å². The molecule has 0 radical (unpaired) electrons. The van der Waals surface area contributed by atoms with Gasteiger partial charge in [0.1, 0.15) is 19.8 Å². The molecule has 0 saturated heterocycles. The maximum Gasteiger partial charge on any atom is 0.472 e. The van der Waals surface area contributed by atoms with E-state index in [9.17, 15) is 19.0 Å². The van der Waals surface area contributed by atoms with E-state index >= 15 is 0 Å². The Morgan fingerprint density at radius 1 is 0.443 bits per heavy atom. The van der Waals surface area contributed by atoms with Crippen molar-refractivity contribution in [3.05, 3.63) is 0 Å². The minimum Gasteiger partial charge on any atom is -0.462 e. The molecule has 1 N–H and O–H groups in total. The predicted molar refractivity (Wildman–Crippen MR) is 257 cm³/mol. The maximum atomic E-state index is 12.8. The molecule has 0 spiro atoms. The molecule has 364 valence electrons. The average molecular weight is 889 g/mol. The average Bonchev–Trinajstić information content (AvgIpc) is 3.21. The Morgan fingerprint density at radius 3 is 1.05 bits per heavy atom. The minimum absolute atomic E-state index is 0.0372. The largest absolute Gasteiger partial charge is 0.472 e. The highest BCUT2D eigenvalue weighted by Crippen LogP contribution is 2.43. The quantitative estimate of drug-likeness (QED) is 0.0278. The summed E-state index contributed by atoms with van der Waals surface area (Å²) in [7, 11) is 1.50.